The van der Waals surface area contributed by atoms with Crippen molar-refractivity contribution in [1.29, 1.82) is 0 Å². The molecule has 1 aliphatic heterocycles. The van der Waals surface area contributed by atoms with E-state index in [0.29, 0.717) is 17.7 Å². The minimum atomic E-state index is -0.584. The van der Waals surface area contributed by atoms with Gasteiger partial charge in [-0.25, -0.2) is 8.78 Å². The molecule has 0 aliphatic carbocycles. The molecule has 2 aromatic rings. The van der Waals surface area contributed by atoms with Gasteiger partial charge in [-0.2, -0.15) is 0 Å². The van der Waals surface area contributed by atoms with Gasteiger partial charge in [0.2, 0.25) is 0 Å². The average molecular weight is 245 g/mol. The third-order valence-corrected chi connectivity index (χ3v) is 3.06. The molecule has 0 saturated carbocycles. The van der Waals surface area contributed by atoms with Crippen LogP contribution in [0.25, 0.3) is 11.1 Å². The van der Waals surface area contributed by atoms with E-state index in [9.17, 15) is 8.78 Å². The fourth-order valence-corrected chi connectivity index (χ4v) is 2.29. The number of hydrogen-bond donors (Lipinski definition) is 0. The van der Waals surface area contributed by atoms with Crippen molar-refractivity contribution >= 4 is 0 Å². The summed E-state index contributed by atoms with van der Waals surface area (Å²) in [6.07, 6.45) is 0.468. The van der Waals surface area contributed by atoms with E-state index in [1.54, 1.807) is 12.1 Å². The van der Waals surface area contributed by atoms with Gasteiger partial charge in [-0.3, -0.25) is 0 Å². The van der Waals surface area contributed by atoms with Crippen molar-refractivity contribution in [2.24, 2.45) is 0 Å². The standard InChI is InChI=1S/C15H11F2O/c1-9-8-10-4-2-5-11(15(10)18-9)14-12(16)6-3-7-13(14)17/h2-7,9H,1,8H2. The molecular weight excluding hydrogens is 234 g/mol. The third-order valence-electron chi connectivity index (χ3n) is 3.06. The third kappa shape index (κ3) is 1.67. The average Bonchev–Trinajstić information content (AvgIpc) is 2.70. The highest BCUT2D eigenvalue weighted by atomic mass is 19.1. The van der Waals surface area contributed by atoms with Crippen LogP contribution in [0, 0.1) is 18.6 Å². The van der Waals surface area contributed by atoms with Crippen LogP contribution >= 0.6 is 0 Å². The molecule has 0 saturated heterocycles. The summed E-state index contributed by atoms with van der Waals surface area (Å²) >= 11 is 0. The zero-order valence-corrected chi connectivity index (χ0v) is 9.62. The van der Waals surface area contributed by atoms with Gasteiger partial charge in [0.05, 0.1) is 5.56 Å². The molecule has 0 amide bonds. The Bertz CT molecular complexity index is 587. The highest BCUT2D eigenvalue weighted by Gasteiger charge is 2.24. The van der Waals surface area contributed by atoms with Crippen LogP contribution in [0.4, 0.5) is 8.78 Å². The summed E-state index contributed by atoms with van der Waals surface area (Å²) in [5, 5.41) is 0. The molecule has 1 atom stereocenters. The molecule has 0 spiro atoms. The molecule has 91 valence electrons. The predicted molar refractivity (Wildman–Crippen MR) is 65.3 cm³/mol. The highest BCUT2D eigenvalue weighted by Crippen LogP contribution is 2.40. The van der Waals surface area contributed by atoms with Gasteiger partial charge < -0.3 is 4.74 Å². The van der Waals surface area contributed by atoms with E-state index >= 15 is 0 Å². The Morgan fingerprint density at radius 3 is 2.44 bits per heavy atom. The minimum Gasteiger partial charge on any atom is -0.489 e. The number of hydrogen-bond acceptors (Lipinski definition) is 1. The van der Waals surface area contributed by atoms with Crippen molar-refractivity contribution in [3.05, 3.63) is 60.5 Å². The van der Waals surface area contributed by atoms with Crippen LogP contribution < -0.4 is 4.74 Å². The van der Waals surface area contributed by atoms with Crippen molar-refractivity contribution in [3.8, 4) is 16.9 Å². The topological polar surface area (TPSA) is 9.23 Å². The lowest BCUT2D eigenvalue weighted by Crippen LogP contribution is -2.06. The van der Waals surface area contributed by atoms with Crippen molar-refractivity contribution in [2.45, 2.75) is 12.5 Å². The molecule has 0 fully saturated rings. The Hall–Kier alpha value is -1.90. The van der Waals surface area contributed by atoms with Gasteiger partial charge in [-0.05, 0) is 24.6 Å². The smallest absolute Gasteiger partial charge is 0.134 e. The summed E-state index contributed by atoms with van der Waals surface area (Å²) in [5.41, 5.74) is 1.35. The maximum atomic E-state index is 13.8. The van der Waals surface area contributed by atoms with Crippen molar-refractivity contribution in [1.82, 2.24) is 0 Å². The Kier molecular flexibility index (Phi) is 2.54. The minimum absolute atomic E-state index is 0.0385. The van der Waals surface area contributed by atoms with Crippen molar-refractivity contribution in [3.63, 3.8) is 0 Å². The molecule has 18 heavy (non-hydrogen) atoms. The van der Waals surface area contributed by atoms with Gasteiger partial charge in [0.15, 0.2) is 0 Å². The molecule has 3 heteroatoms. The zero-order valence-electron chi connectivity index (χ0n) is 9.62. The fraction of sp³-hybridized carbons (Fsp3) is 0.133. The lowest BCUT2D eigenvalue weighted by atomic mass is 10.00. The Balaban J connectivity index is 2.23. The first-order valence-corrected chi connectivity index (χ1v) is 5.73. The maximum Gasteiger partial charge on any atom is 0.134 e. The molecule has 3 rings (SSSR count). The molecule has 0 bridgehead atoms. The second kappa shape index (κ2) is 4.09. The zero-order chi connectivity index (χ0) is 12.7. The quantitative estimate of drug-likeness (QED) is 0.743. The van der Waals surface area contributed by atoms with Gasteiger partial charge in [0.25, 0.3) is 0 Å². The summed E-state index contributed by atoms with van der Waals surface area (Å²) in [6, 6.07) is 9.17. The van der Waals surface area contributed by atoms with E-state index < -0.39 is 11.6 Å². The normalized spacial score (nSPS) is 17.4. The Morgan fingerprint density at radius 1 is 1.06 bits per heavy atom. The van der Waals surface area contributed by atoms with E-state index in [0.717, 1.165) is 5.56 Å². The van der Waals surface area contributed by atoms with E-state index in [1.807, 2.05) is 6.07 Å². The van der Waals surface area contributed by atoms with Gasteiger partial charge >= 0.3 is 0 Å². The molecule has 1 unspecified atom stereocenters. The molecule has 0 N–H and O–H groups in total. The fourth-order valence-electron chi connectivity index (χ4n) is 2.29. The lowest BCUT2D eigenvalue weighted by molar-refractivity contribution is 0.282. The molecule has 0 aromatic heterocycles. The van der Waals surface area contributed by atoms with Gasteiger partial charge in [0.1, 0.15) is 23.5 Å². The van der Waals surface area contributed by atoms with E-state index in [-0.39, 0.29) is 11.7 Å². The SMILES string of the molecule is [CH2]C1Cc2cccc(-c3c(F)cccc3F)c2O1. The molecular formula is C15H11F2O. The Morgan fingerprint density at radius 2 is 1.72 bits per heavy atom. The number of halogens is 2. The Labute approximate surface area is 104 Å². The van der Waals surface area contributed by atoms with Gasteiger partial charge in [-0.1, -0.05) is 24.3 Å². The number of fused-ring (bicyclic) bond motifs is 1. The second-order valence-electron chi connectivity index (χ2n) is 4.33. The summed E-state index contributed by atoms with van der Waals surface area (Å²) < 4.78 is 33.1. The van der Waals surface area contributed by atoms with Crippen molar-refractivity contribution in [2.75, 3.05) is 0 Å². The lowest BCUT2D eigenvalue weighted by Gasteiger charge is -2.11. The second-order valence-corrected chi connectivity index (χ2v) is 4.33. The first-order chi connectivity index (χ1) is 8.66. The van der Waals surface area contributed by atoms with Crippen LogP contribution in [0.5, 0.6) is 5.75 Å². The maximum absolute atomic E-state index is 13.8. The first kappa shape index (κ1) is 11.2. The molecule has 1 nitrogen and oxygen atoms in total. The van der Waals surface area contributed by atoms with Crippen LogP contribution in [-0.4, -0.2) is 6.10 Å². The number of para-hydroxylation sites is 1. The number of ether oxygens (including phenoxy) is 1. The van der Waals surface area contributed by atoms with E-state index in [4.69, 9.17) is 4.74 Å². The van der Waals surface area contributed by atoms with Crippen molar-refractivity contribution < 1.29 is 13.5 Å². The molecule has 1 aliphatic rings. The number of rotatable bonds is 1. The van der Waals surface area contributed by atoms with Crippen LogP contribution in [0.1, 0.15) is 5.56 Å². The summed E-state index contributed by atoms with van der Waals surface area (Å²) in [4.78, 5) is 0. The molecule has 1 radical (unpaired) electrons. The molecule has 1 heterocycles. The van der Waals surface area contributed by atoms with Gasteiger partial charge in [0, 0.05) is 12.0 Å². The predicted octanol–water partition coefficient (Wildman–Crippen LogP) is 3.77. The monoisotopic (exact) mass is 245 g/mol. The summed E-state index contributed by atoms with van der Waals surface area (Å²) in [7, 11) is 0. The van der Waals surface area contributed by atoms with Crippen LogP contribution in [0.2, 0.25) is 0 Å². The molecule has 2 aromatic carbocycles. The number of benzene rings is 2. The van der Waals surface area contributed by atoms with Crippen LogP contribution in [0.15, 0.2) is 36.4 Å². The largest absolute Gasteiger partial charge is 0.489 e. The highest BCUT2D eigenvalue weighted by molar-refractivity contribution is 5.74. The van der Waals surface area contributed by atoms with Gasteiger partial charge in [-0.15, -0.1) is 0 Å². The first-order valence-electron chi connectivity index (χ1n) is 5.73. The van der Waals surface area contributed by atoms with Crippen LogP contribution in [-0.2, 0) is 6.42 Å². The van der Waals surface area contributed by atoms with E-state index in [1.165, 1.54) is 18.2 Å². The van der Waals surface area contributed by atoms with E-state index in [2.05, 4.69) is 6.92 Å². The summed E-state index contributed by atoms with van der Waals surface area (Å²) in [6.45, 7) is 3.82. The summed E-state index contributed by atoms with van der Waals surface area (Å²) in [5.74, 6) is -0.625. The van der Waals surface area contributed by atoms with Crippen LogP contribution in [0.3, 0.4) is 0 Å².